The van der Waals surface area contributed by atoms with Crippen molar-refractivity contribution >= 4 is 21.7 Å². The van der Waals surface area contributed by atoms with Gasteiger partial charge in [0.15, 0.2) is 0 Å². The molecule has 8 nitrogen and oxygen atoms in total. The highest BCUT2D eigenvalue weighted by Crippen LogP contribution is 2.38. The highest BCUT2D eigenvalue weighted by Gasteiger charge is 2.30. The van der Waals surface area contributed by atoms with Crippen molar-refractivity contribution in [3.63, 3.8) is 0 Å². The minimum atomic E-state index is -4.12. The minimum absolute atomic E-state index is 0.188. The predicted molar refractivity (Wildman–Crippen MR) is 102 cm³/mol. The number of aromatic nitrogens is 2. The molecular formula is C19H22N4O4S. The minimum Gasteiger partial charge on any atom is -0.477 e. The van der Waals surface area contributed by atoms with Crippen LogP contribution < -0.4 is 14.8 Å². The summed E-state index contributed by atoms with van der Waals surface area (Å²) in [6.45, 7) is 1.08. The summed E-state index contributed by atoms with van der Waals surface area (Å²) in [5.41, 5.74) is 5.65. The maximum Gasteiger partial charge on any atom is 0.333 e. The van der Waals surface area contributed by atoms with E-state index in [-0.39, 0.29) is 10.9 Å². The molecule has 2 aromatic rings. The summed E-state index contributed by atoms with van der Waals surface area (Å²) in [7, 11) is -4.12. The molecular weight excluding hydrogens is 380 g/mol. The molecule has 0 saturated carbocycles. The summed E-state index contributed by atoms with van der Waals surface area (Å²) < 4.78 is 34.6. The fraction of sp³-hybridized carbons (Fsp3) is 0.474. The van der Waals surface area contributed by atoms with E-state index in [1.807, 2.05) is 0 Å². The number of nitrogens with one attached hydrogen (secondary N) is 2. The van der Waals surface area contributed by atoms with E-state index < -0.39 is 16.1 Å². The monoisotopic (exact) mass is 402 g/mol. The van der Waals surface area contributed by atoms with Gasteiger partial charge >= 0.3 is 6.03 Å². The van der Waals surface area contributed by atoms with Crippen molar-refractivity contribution in [3.05, 3.63) is 34.6 Å². The summed E-state index contributed by atoms with van der Waals surface area (Å²) >= 11 is 0. The number of aryl methyl sites for hydroxylation is 3. The first-order chi connectivity index (χ1) is 13.5. The number of anilines is 1. The van der Waals surface area contributed by atoms with E-state index in [0.717, 1.165) is 61.8 Å². The highest BCUT2D eigenvalue weighted by molar-refractivity contribution is 7.90. The van der Waals surface area contributed by atoms with E-state index in [9.17, 15) is 13.2 Å². The molecule has 28 heavy (non-hydrogen) atoms. The maximum absolute atomic E-state index is 12.7. The number of imidazole rings is 1. The molecule has 2 heterocycles. The number of hydrogen-bond acceptors (Lipinski definition) is 5. The Hall–Kier alpha value is -2.55. The zero-order valence-corrected chi connectivity index (χ0v) is 16.3. The number of urea groups is 1. The van der Waals surface area contributed by atoms with Gasteiger partial charge in [0, 0.05) is 12.2 Å². The van der Waals surface area contributed by atoms with Gasteiger partial charge in [-0.2, -0.15) is 8.42 Å². The lowest BCUT2D eigenvalue weighted by atomic mass is 9.99. The van der Waals surface area contributed by atoms with Crippen molar-refractivity contribution in [2.45, 2.75) is 56.5 Å². The molecule has 9 heteroatoms. The van der Waals surface area contributed by atoms with Crippen LogP contribution in [-0.4, -0.2) is 30.6 Å². The van der Waals surface area contributed by atoms with Gasteiger partial charge in [0.2, 0.25) is 10.9 Å². The fourth-order valence-electron chi connectivity index (χ4n) is 4.52. The van der Waals surface area contributed by atoms with E-state index >= 15 is 0 Å². The van der Waals surface area contributed by atoms with Crippen LogP contribution in [0.5, 0.6) is 5.88 Å². The van der Waals surface area contributed by atoms with Crippen LogP contribution in [-0.2, 0) is 42.3 Å². The summed E-state index contributed by atoms with van der Waals surface area (Å²) in [6.07, 6.45) is 8.18. The lowest BCUT2D eigenvalue weighted by Crippen LogP contribution is -2.35. The second kappa shape index (κ2) is 6.51. The molecule has 2 aliphatic carbocycles. The third kappa shape index (κ3) is 2.85. The van der Waals surface area contributed by atoms with E-state index in [4.69, 9.17) is 4.74 Å². The van der Waals surface area contributed by atoms with Crippen LogP contribution in [0.1, 0.15) is 41.5 Å². The summed E-state index contributed by atoms with van der Waals surface area (Å²) in [5.74, 6) is 0.188. The zero-order chi connectivity index (χ0) is 19.3. The van der Waals surface area contributed by atoms with Crippen LogP contribution in [0.25, 0.3) is 0 Å². The number of rotatable bonds is 3. The SMILES string of the molecule is O=C(Nc1c2c(cc3c1CCC3)CCC2)NS(=O)(=O)c1ncn2c1OCCC2. The molecule has 2 amide bonds. The van der Waals surface area contributed by atoms with Crippen molar-refractivity contribution in [1.82, 2.24) is 14.3 Å². The molecule has 0 spiro atoms. The standard InChI is InChI=1S/C19H22N4O4S/c24-19(22-28(25,26)17-18-23(11-20-17)8-3-9-27-18)21-16-14-6-1-4-12(14)10-13-5-2-7-15(13)16/h10-11H,1-9H2,(H2,21,22,24). The topological polar surface area (TPSA) is 102 Å². The third-order valence-corrected chi connectivity index (χ3v) is 6.98. The average molecular weight is 402 g/mol. The van der Waals surface area contributed by atoms with Gasteiger partial charge in [-0.3, -0.25) is 0 Å². The maximum atomic E-state index is 12.7. The summed E-state index contributed by atoms with van der Waals surface area (Å²) in [5, 5.41) is 2.59. The Labute approximate surface area is 163 Å². The number of ether oxygens (including phenoxy) is 1. The van der Waals surface area contributed by atoms with Crippen LogP contribution in [0.15, 0.2) is 17.4 Å². The normalized spacial score (nSPS) is 17.4. The molecule has 0 atom stereocenters. The molecule has 1 aromatic carbocycles. The molecule has 2 N–H and O–H groups in total. The van der Waals surface area contributed by atoms with Crippen molar-refractivity contribution in [1.29, 1.82) is 0 Å². The Kier molecular flexibility index (Phi) is 4.08. The van der Waals surface area contributed by atoms with Crippen LogP contribution in [0.3, 0.4) is 0 Å². The smallest absolute Gasteiger partial charge is 0.333 e. The molecule has 0 fully saturated rings. The van der Waals surface area contributed by atoms with E-state index in [0.29, 0.717) is 13.2 Å². The van der Waals surface area contributed by atoms with Crippen LogP contribution in [0, 0.1) is 0 Å². The number of sulfonamides is 1. The number of carbonyl (C=O) groups excluding carboxylic acids is 1. The van der Waals surface area contributed by atoms with Crippen molar-refractivity contribution in [3.8, 4) is 5.88 Å². The second-order valence-corrected chi connectivity index (χ2v) is 9.14. The molecule has 0 bridgehead atoms. The predicted octanol–water partition coefficient (Wildman–Crippen LogP) is 2.15. The Bertz CT molecular complexity index is 1040. The Morgan fingerprint density at radius 1 is 1.07 bits per heavy atom. The first-order valence-electron chi connectivity index (χ1n) is 9.71. The van der Waals surface area contributed by atoms with Gasteiger partial charge in [0.1, 0.15) is 0 Å². The van der Waals surface area contributed by atoms with Crippen LogP contribution in [0.4, 0.5) is 10.5 Å². The molecule has 148 valence electrons. The lowest BCUT2D eigenvalue weighted by Gasteiger charge is -2.18. The summed E-state index contributed by atoms with van der Waals surface area (Å²) in [6, 6.07) is 1.51. The number of fused-ring (bicyclic) bond motifs is 3. The first-order valence-corrected chi connectivity index (χ1v) is 11.2. The lowest BCUT2D eigenvalue weighted by molar-refractivity contribution is 0.234. The quantitative estimate of drug-likeness (QED) is 0.819. The van der Waals surface area contributed by atoms with Crippen molar-refractivity contribution in [2.24, 2.45) is 0 Å². The largest absolute Gasteiger partial charge is 0.477 e. The molecule has 0 saturated heterocycles. The van der Waals surface area contributed by atoms with E-state index in [2.05, 4.69) is 21.1 Å². The molecule has 3 aliphatic rings. The van der Waals surface area contributed by atoms with Gasteiger partial charge in [-0.05, 0) is 67.2 Å². The van der Waals surface area contributed by atoms with Crippen molar-refractivity contribution in [2.75, 3.05) is 11.9 Å². The molecule has 0 unspecified atom stereocenters. The Balaban J connectivity index is 1.41. The number of carbonyl (C=O) groups is 1. The third-order valence-electron chi connectivity index (χ3n) is 5.73. The van der Waals surface area contributed by atoms with Crippen molar-refractivity contribution < 1.29 is 17.9 Å². The van der Waals surface area contributed by atoms with Gasteiger partial charge in [-0.25, -0.2) is 14.5 Å². The molecule has 0 radical (unpaired) electrons. The Morgan fingerprint density at radius 2 is 1.79 bits per heavy atom. The number of nitrogens with zero attached hydrogens (tertiary/aromatic N) is 2. The number of hydrogen-bond donors (Lipinski definition) is 2. The first kappa shape index (κ1) is 17.5. The van der Waals surface area contributed by atoms with Gasteiger partial charge < -0.3 is 14.6 Å². The Morgan fingerprint density at radius 3 is 2.50 bits per heavy atom. The van der Waals surface area contributed by atoms with E-state index in [1.165, 1.54) is 17.5 Å². The highest BCUT2D eigenvalue weighted by atomic mass is 32.2. The average Bonchev–Trinajstić information content (AvgIpc) is 3.39. The molecule has 1 aromatic heterocycles. The fourth-order valence-corrected chi connectivity index (χ4v) is 5.50. The van der Waals surface area contributed by atoms with Crippen LogP contribution in [0.2, 0.25) is 0 Å². The number of benzene rings is 1. The summed E-state index contributed by atoms with van der Waals surface area (Å²) in [4.78, 5) is 16.6. The van der Waals surface area contributed by atoms with Gasteiger partial charge in [0.05, 0.1) is 12.9 Å². The molecule has 1 aliphatic heterocycles. The van der Waals surface area contributed by atoms with Gasteiger partial charge in [-0.1, -0.05) is 6.07 Å². The number of amides is 2. The van der Waals surface area contributed by atoms with Gasteiger partial charge in [-0.15, -0.1) is 0 Å². The zero-order valence-electron chi connectivity index (χ0n) is 15.5. The van der Waals surface area contributed by atoms with Gasteiger partial charge in [0.25, 0.3) is 10.0 Å². The van der Waals surface area contributed by atoms with E-state index in [1.54, 1.807) is 4.57 Å². The second-order valence-electron chi connectivity index (χ2n) is 7.54. The van der Waals surface area contributed by atoms with Crippen LogP contribution >= 0.6 is 0 Å². The molecule has 5 rings (SSSR count).